The molecule has 0 saturated heterocycles. The summed E-state index contributed by atoms with van der Waals surface area (Å²) in [5.74, 6) is 1.22. The summed E-state index contributed by atoms with van der Waals surface area (Å²) >= 11 is 7.24. The van der Waals surface area contributed by atoms with E-state index in [1.54, 1.807) is 0 Å². The summed E-state index contributed by atoms with van der Waals surface area (Å²) in [6, 6.07) is 7.82. The molecule has 0 radical (unpaired) electrons. The van der Waals surface area contributed by atoms with Crippen LogP contribution in [0.5, 0.6) is 0 Å². The number of hydrogen-bond acceptors (Lipinski definition) is 3. The van der Waals surface area contributed by atoms with Gasteiger partial charge in [-0.2, -0.15) is 17.0 Å². The lowest BCUT2D eigenvalue weighted by Crippen LogP contribution is -1.98. The number of aromatic nitrogens is 2. The van der Waals surface area contributed by atoms with Crippen molar-refractivity contribution in [2.45, 2.75) is 25.8 Å². The van der Waals surface area contributed by atoms with Gasteiger partial charge in [-0.1, -0.05) is 6.42 Å². The molecule has 1 aromatic heterocycles. The van der Waals surface area contributed by atoms with Crippen molar-refractivity contribution >= 4 is 35.0 Å². The van der Waals surface area contributed by atoms with E-state index in [0.29, 0.717) is 5.56 Å². The zero-order chi connectivity index (χ0) is 13.7. The van der Waals surface area contributed by atoms with E-state index in [9.17, 15) is 0 Å². The first-order chi connectivity index (χ1) is 9.26. The highest BCUT2D eigenvalue weighted by molar-refractivity contribution is 7.98. The molecule has 1 N–H and O–H groups in total. The number of thioether (sulfide) groups is 1. The fraction of sp³-hybridized carbons (Fsp3) is 0.429. The van der Waals surface area contributed by atoms with E-state index in [2.05, 4.69) is 21.9 Å². The molecule has 0 aliphatic carbocycles. The van der Waals surface area contributed by atoms with Gasteiger partial charge in [0, 0.05) is 6.54 Å². The molecule has 0 unspecified atom stereocenters. The van der Waals surface area contributed by atoms with E-state index >= 15 is 0 Å². The Kier molecular flexibility index (Phi) is 5.06. The number of aryl methyl sites for hydroxylation is 1. The van der Waals surface area contributed by atoms with Crippen LogP contribution in [0.1, 0.15) is 24.8 Å². The molecule has 2 aromatic rings. The number of rotatable bonds is 6. The van der Waals surface area contributed by atoms with Crippen LogP contribution in [-0.4, -0.2) is 21.6 Å². The number of benzene rings is 1. The number of fused-ring (bicyclic) bond motifs is 1. The minimum absolute atomic E-state index is 0.678. The van der Waals surface area contributed by atoms with Crippen LogP contribution >= 0.6 is 24.0 Å². The lowest BCUT2D eigenvalue weighted by molar-refractivity contribution is 0.611. The number of hydrogen-bond donors (Lipinski definition) is 1. The second-order valence-corrected chi connectivity index (χ2v) is 5.85. The molecule has 19 heavy (non-hydrogen) atoms. The van der Waals surface area contributed by atoms with Gasteiger partial charge in [-0.15, -0.1) is 0 Å². The number of nitrogens with zero attached hydrogens (tertiary/aromatic N) is 2. The lowest BCUT2D eigenvalue weighted by atomic mass is 10.2. The summed E-state index contributed by atoms with van der Waals surface area (Å²) in [7, 11) is 0. The smallest absolute Gasteiger partial charge is 0.178 e. The van der Waals surface area contributed by atoms with Gasteiger partial charge in [-0.3, -0.25) is 0 Å². The molecule has 0 spiro atoms. The highest BCUT2D eigenvalue weighted by Crippen LogP contribution is 2.17. The third kappa shape index (κ3) is 3.40. The molecule has 0 amide bonds. The molecule has 0 saturated carbocycles. The Morgan fingerprint density at radius 2 is 2.21 bits per heavy atom. The highest BCUT2D eigenvalue weighted by Gasteiger charge is 2.05. The van der Waals surface area contributed by atoms with Gasteiger partial charge >= 0.3 is 0 Å². The second-order valence-electron chi connectivity index (χ2n) is 4.48. The topological polar surface area (TPSA) is 44.5 Å². The average molecular weight is 291 g/mol. The van der Waals surface area contributed by atoms with E-state index in [-0.39, 0.29) is 0 Å². The Bertz CT molecular complexity index is 649. The molecule has 3 nitrogen and oxygen atoms in total. The Balaban J connectivity index is 2.15. The molecule has 5 heteroatoms. The van der Waals surface area contributed by atoms with E-state index in [1.807, 2.05) is 30.0 Å². The fourth-order valence-electron chi connectivity index (χ4n) is 2.14. The van der Waals surface area contributed by atoms with E-state index in [0.717, 1.165) is 28.8 Å². The van der Waals surface area contributed by atoms with Gasteiger partial charge in [0.1, 0.15) is 0 Å². The molecule has 0 bridgehead atoms. The van der Waals surface area contributed by atoms with Crippen LogP contribution in [0, 0.1) is 16.1 Å². The molecular formula is C14H17N3S2. The Morgan fingerprint density at radius 1 is 1.37 bits per heavy atom. The van der Waals surface area contributed by atoms with Crippen LogP contribution in [0.15, 0.2) is 18.2 Å². The van der Waals surface area contributed by atoms with Crippen molar-refractivity contribution in [3.05, 3.63) is 28.5 Å². The Morgan fingerprint density at radius 3 is 2.95 bits per heavy atom. The first-order valence-corrected chi connectivity index (χ1v) is 8.18. The van der Waals surface area contributed by atoms with Crippen molar-refractivity contribution in [1.82, 2.24) is 9.55 Å². The largest absolute Gasteiger partial charge is 0.331 e. The number of nitriles is 1. The highest BCUT2D eigenvalue weighted by atomic mass is 32.2. The van der Waals surface area contributed by atoms with Gasteiger partial charge in [0.05, 0.1) is 22.7 Å². The summed E-state index contributed by atoms with van der Waals surface area (Å²) in [6.45, 7) is 0.919. The van der Waals surface area contributed by atoms with Crippen molar-refractivity contribution in [1.29, 1.82) is 5.26 Å². The van der Waals surface area contributed by atoms with E-state index in [1.165, 1.54) is 18.6 Å². The van der Waals surface area contributed by atoms with E-state index in [4.69, 9.17) is 17.5 Å². The van der Waals surface area contributed by atoms with Crippen molar-refractivity contribution < 1.29 is 0 Å². The predicted octanol–water partition coefficient (Wildman–Crippen LogP) is 4.10. The SMILES string of the molecule is CSCCCCCn1c(=S)[nH]c2ccc(C#N)cc21. The second kappa shape index (κ2) is 6.78. The Hall–Kier alpha value is -1.25. The normalized spacial score (nSPS) is 10.7. The minimum atomic E-state index is 0.678. The Labute approximate surface area is 122 Å². The van der Waals surface area contributed by atoms with Crippen molar-refractivity contribution in [3.63, 3.8) is 0 Å². The molecular weight excluding hydrogens is 274 g/mol. The first-order valence-electron chi connectivity index (χ1n) is 6.38. The molecule has 0 aliphatic heterocycles. The molecule has 2 rings (SSSR count). The lowest BCUT2D eigenvalue weighted by Gasteiger charge is -2.04. The van der Waals surface area contributed by atoms with Crippen molar-refractivity contribution in [2.75, 3.05) is 12.0 Å². The molecule has 1 aromatic carbocycles. The van der Waals surface area contributed by atoms with Crippen LogP contribution < -0.4 is 0 Å². The third-order valence-electron chi connectivity index (χ3n) is 3.13. The first kappa shape index (κ1) is 14.2. The van der Waals surface area contributed by atoms with Gasteiger partial charge in [-0.25, -0.2) is 0 Å². The molecule has 0 aliphatic rings. The van der Waals surface area contributed by atoms with Crippen LogP contribution in [0.4, 0.5) is 0 Å². The monoisotopic (exact) mass is 291 g/mol. The molecule has 100 valence electrons. The number of aromatic amines is 1. The maximum Gasteiger partial charge on any atom is 0.178 e. The standard InChI is InChI=1S/C14H17N3S2/c1-19-8-4-2-3-7-17-13-9-11(10-15)5-6-12(13)16-14(17)18/h5-6,9H,2-4,7-8H2,1H3,(H,16,18). The van der Waals surface area contributed by atoms with Gasteiger partial charge in [0.15, 0.2) is 4.77 Å². The van der Waals surface area contributed by atoms with Crippen LogP contribution in [0.3, 0.4) is 0 Å². The maximum absolute atomic E-state index is 8.97. The zero-order valence-corrected chi connectivity index (χ0v) is 12.6. The molecule has 0 atom stereocenters. The summed E-state index contributed by atoms with van der Waals surface area (Å²) in [4.78, 5) is 3.19. The molecule has 0 fully saturated rings. The average Bonchev–Trinajstić information content (AvgIpc) is 2.74. The number of imidazole rings is 1. The van der Waals surface area contributed by atoms with Crippen molar-refractivity contribution in [2.24, 2.45) is 0 Å². The minimum Gasteiger partial charge on any atom is -0.331 e. The number of unbranched alkanes of at least 4 members (excludes halogenated alkanes) is 2. The molecule has 1 heterocycles. The van der Waals surface area contributed by atoms with Gasteiger partial charge in [0.25, 0.3) is 0 Å². The summed E-state index contributed by atoms with van der Waals surface area (Å²) in [5, 5.41) is 8.97. The van der Waals surface area contributed by atoms with Gasteiger partial charge < -0.3 is 9.55 Å². The number of H-pyrrole nitrogens is 1. The van der Waals surface area contributed by atoms with Crippen LogP contribution in [0.2, 0.25) is 0 Å². The zero-order valence-electron chi connectivity index (χ0n) is 11.0. The van der Waals surface area contributed by atoms with Crippen molar-refractivity contribution in [3.8, 4) is 6.07 Å². The summed E-state index contributed by atoms with van der Waals surface area (Å²) < 4.78 is 2.85. The quantitative estimate of drug-likeness (QED) is 0.643. The summed E-state index contributed by atoms with van der Waals surface area (Å²) in [5.41, 5.74) is 2.72. The number of nitrogens with one attached hydrogen (secondary N) is 1. The van der Waals surface area contributed by atoms with Crippen LogP contribution in [0.25, 0.3) is 11.0 Å². The fourth-order valence-corrected chi connectivity index (χ4v) is 2.93. The van der Waals surface area contributed by atoms with E-state index < -0.39 is 0 Å². The summed E-state index contributed by atoms with van der Waals surface area (Å²) in [6.07, 6.45) is 5.73. The maximum atomic E-state index is 8.97. The van der Waals surface area contributed by atoms with Crippen LogP contribution in [-0.2, 0) is 6.54 Å². The van der Waals surface area contributed by atoms with Gasteiger partial charge in [0.2, 0.25) is 0 Å². The third-order valence-corrected chi connectivity index (χ3v) is 4.15. The predicted molar refractivity (Wildman–Crippen MR) is 84.1 cm³/mol. The van der Waals surface area contributed by atoms with Gasteiger partial charge in [-0.05, 0) is 55.3 Å².